The van der Waals surface area contributed by atoms with Gasteiger partial charge in [-0.25, -0.2) is 0 Å². The molecule has 17 heavy (non-hydrogen) atoms. The van der Waals surface area contributed by atoms with Crippen LogP contribution in [0.2, 0.25) is 0 Å². The van der Waals surface area contributed by atoms with Crippen molar-refractivity contribution in [3.8, 4) is 5.75 Å². The molecule has 1 fully saturated rings. The second kappa shape index (κ2) is 6.06. The van der Waals surface area contributed by atoms with Crippen LogP contribution >= 0.6 is 0 Å². The highest BCUT2D eigenvalue weighted by Gasteiger charge is 2.20. The third-order valence-corrected chi connectivity index (χ3v) is 3.87. The van der Waals surface area contributed by atoms with Crippen LogP contribution in [0.25, 0.3) is 0 Å². The monoisotopic (exact) mass is 233 g/mol. The van der Waals surface area contributed by atoms with Crippen molar-refractivity contribution in [2.45, 2.75) is 44.6 Å². The van der Waals surface area contributed by atoms with Gasteiger partial charge in [-0.05, 0) is 42.9 Å². The molecule has 1 aromatic carbocycles. The van der Waals surface area contributed by atoms with Crippen molar-refractivity contribution in [2.24, 2.45) is 11.7 Å². The van der Waals surface area contributed by atoms with Crippen LogP contribution in [0.3, 0.4) is 0 Å². The topological polar surface area (TPSA) is 35.2 Å². The third-order valence-electron chi connectivity index (χ3n) is 3.87. The van der Waals surface area contributed by atoms with Gasteiger partial charge < -0.3 is 10.5 Å². The first kappa shape index (κ1) is 12.4. The summed E-state index contributed by atoms with van der Waals surface area (Å²) in [5, 5.41) is 0. The second-order valence-electron chi connectivity index (χ2n) is 5.11. The van der Waals surface area contributed by atoms with Crippen molar-refractivity contribution in [3.05, 3.63) is 29.8 Å². The highest BCUT2D eigenvalue weighted by atomic mass is 16.5. The molecule has 1 aliphatic rings. The van der Waals surface area contributed by atoms with E-state index in [2.05, 4.69) is 12.1 Å². The molecule has 0 bridgehead atoms. The van der Waals surface area contributed by atoms with Crippen LogP contribution < -0.4 is 10.5 Å². The van der Waals surface area contributed by atoms with Crippen LogP contribution in [-0.2, 0) is 6.42 Å². The average Bonchev–Trinajstić information content (AvgIpc) is 2.56. The Morgan fingerprint density at radius 2 is 1.82 bits per heavy atom. The maximum Gasteiger partial charge on any atom is 0.118 e. The minimum atomic E-state index is 0.389. The van der Waals surface area contributed by atoms with Crippen LogP contribution in [-0.4, -0.2) is 13.2 Å². The molecule has 0 amide bonds. The van der Waals surface area contributed by atoms with E-state index in [0.29, 0.717) is 12.0 Å². The number of benzene rings is 1. The van der Waals surface area contributed by atoms with E-state index in [0.717, 1.165) is 12.2 Å². The average molecular weight is 233 g/mol. The van der Waals surface area contributed by atoms with E-state index in [4.69, 9.17) is 10.5 Å². The molecule has 2 nitrogen and oxygen atoms in total. The summed E-state index contributed by atoms with van der Waals surface area (Å²) in [7, 11) is 1.70. The maximum atomic E-state index is 6.26. The summed E-state index contributed by atoms with van der Waals surface area (Å²) in [5.41, 5.74) is 7.64. The summed E-state index contributed by atoms with van der Waals surface area (Å²) < 4.78 is 5.18. The molecule has 2 N–H and O–H groups in total. The van der Waals surface area contributed by atoms with Crippen LogP contribution in [0.15, 0.2) is 24.3 Å². The van der Waals surface area contributed by atoms with Crippen molar-refractivity contribution in [1.82, 2.24) is 0 Å². The molecule has 0 aliphatic heterocycles. The zero-order chi connectivity index (χ0) is 12.1. The second-order valence-corrected chi connectivity index (χ2v) is 5.11. The van der Waals surface area contributed by atoms with E-state index in [1.165, 1.54) is 37.7 Å². The van der Waals surface area contributed by atoms with Gasteiger partial charge in [0.1, 0.15) is 5.75 Å². The Bertz CT molecular complexity index is 333. The molecule has 2 heteroatoms. The van der Waals surface area contributed by atoms with Crippen molar-refractivity contribution in [1.29, 1.82) is 0 Å². The molecule has 0 saturated heterocycles. The van der Waals surface area contributed by atoms with Gasteiger partial charge in [0, 0.05) is 6.04 Å². The fourth-order valence-electron chi connectivity index (χ4n) is 2.73. The molecule has 1 aliphatic carbocycles. The molecular weight excluding hydrogens is 210 g/mol. The number of hydrogen-bond donors (Lipinski definition) is 1. The predicted octanol–water partition coefficient (Wildman–Crippen LogP) is 3.15. The molecule has 0 radical (unpaired) electrons. The molecule has 1 aromatic rings. The molecule has 2 atom stereocenters. The van der Waals surface area contributed by atoms with Gasteiger partial charge in [-0.3, -0.25) is 0 Å². The van der Waals surface area contributed by atoms with E-state index in [9.17, 15) is 0 Å². The number of nitrogens with two attached hydrogens (primary N) is 1. The van der Waals surface area contributed by atoms with Crippen molar-refractivity contribution < 1.29 is 4.74 Å². The zero-order valence-corrected chi connectivity index (χ0v) is 10.7. The Labute approximate surface area is 104 Å². The lowest BCUT2D eigenvalue weighted by Gasteiger charge is -2.21. The summed E-state index contributed by atoms with van der Waals surface area (Å²) in [6.45, 7) is 0. The first-order valence-electron chi connectivity index (χ1n) is 6.68. The highest BCUT2D eigenvalue weighted by Crippen LogP contribution is 2.26. The predicted molar refractivity (Wildman–Crippen MR) is 71.2 cm³/mol. The zero-order valence-electron chi connectivity index (χ0n) is 10.7. The van der Waals surface area contributed by atoms with Gasteiger partial charge in [0.25, 0.3) is 0 Å². The number of rotatable bonds is 3. The van der Waals surface area contributed by atoms with Crippen LogP contribution in [0.1, 0.15) is 37.7 Å². The largest absolute Gasteiger partial charge is 0.497 e. The third kappa shape index (κ3) is 3.47. The Morgan fingerprint density at radius 3 is 2.53 bits per heavy atom. The SMILES string of the molecule is COc1ccc(CC2CCCCCC2N)cc1. The Balaban J connectivity index is 1.98. The molecule has 2 rings (SSSR count). The molecule has 0 spiro atoms. The summed E-state index contributed by atoms with van der Waals surface area (Å²) in [6.07, 6.45) is 7.60. The van der Waals surface area contributed by atoms with E-state index in [1.54, 1.807) is 7.11 Å². The Morgan fingerprint density at radius 1 is 1.12 bits per heavy atom. The van der Waals surface area contributed by atoms with Gasteiger partial charge in [0.2, 0.25) is 0 Å². The van der Waals surface area contributed by atoms with Gasteiger partial charge >= 0.3 is 0 Å². The smallest absolute Gasteiger partial charge is 0.118 e. The molecule has 0 heterocycles. The fourth-order valence-corrected chi connectivity index (χ4v) is 2.73. The lowest BCUT2D eigenvalue weighted by Crippen LogP contribution is -2.30. The van der Waals surface area contributed by atoms with Gasteiger partial charge in [0.15, 0.2) is 0 Å². The lowest BCUT2D eigenvalue weighted by atomic mass is 9.89. The van der Waals surface area contributed by atoms with Crippen LogP contribution in [0.4, 0.5) is 0 Å². The molecule has 94 valence electrons. The van der Waals surface area contributed by atoms with E-state index >= 15 is 0 Å². The standard InChI is InChI=1S/C15H23NO/c1-17-14-9-7-12(8-10-14)11-13-5-3-2-4-6-15(13)16/h7-10,13,15H,2-6,11,16H2,1H3. The summed E-state index contributed by atoms with van der Waals surface area (Å²) >= 11 is 0. The van der Waals surface area contributed by atoms with Crippen molar-refractivity contribution in [2.75, 3.05) is 7.11 Å². The number of ether oxygens (including phenoxy) is 1. The van der Waals surface area contributed by atoms with E-state index in [-0.39, 0.29) is 0 Å². The fraction of sp³-hybridized carbons (Fsp3) is 0.600. The normalized spacial score (nSPS) is 25.3. The van der Waals surface area contributed by atoms with Gasteiger partial charge in [-0.15, -0.1) is 0 Å². The molecule has 0 aromatic heterocycles. The van der Waals surface area contributed by atoms with Crippen molar-refractivity contribution in [3.63, 3.8) is 0 Å². The van der Waals surface area contributed by atoms with Crippen LogP contribution in [0, 0.1) is 5.92 Å². The lowest BCUT2D eigenvalue weighted by molar-refractivity contribution is 0.394. The summed E-state index contributed by atoms with van der Waals surface area (Å²) in [6, 6.07) is 8.79. The van der Waals surface area contributed by atoms with Crippen molar-refractivity contribution >= 4 is 0 Å². The van der Waals surface area contributed by atoms with Gasteiger partial charge in [-0.1, -0.05) is 31.4 Å². The quantitative estimate of drug-likeness (QED) is 0.814. The Kier molecular flexibility index (Phi) is 4.43. The first-order chi connectivity index (χ1) is 8.29. The van der Waals surface area contributed by atoms with Gasteiger partial charge in [0.05, 0.1) is 7.11 Å². The molecular formula is C15H23NO. The van der Waals surface area contributed by atoms with E-state index < -0.39 is 0 Å². The molecule has 2 unspecified atom stereocenters. The minimum Gasteiger partial charge on any atom is -0.497 e. The minimum absolute atomic E-state index is 0.389. The number of methoxy groups -OCH3 is 1. The highest BCUT2D eigenvalue weighted by molar-refractivity contribution is 5.27. The van der Waals surface area contributed by atoms with Gasteiger partial charge in [-0.2, -0.15) is 0 Å². The summed E-state index contributed by atoms with van der Waals surface area (Å²) in [4.78, 5) is 0. The molecule has 1 saturated carbocycles. The number of hydrogen-bond acceptors (Lipinski definition) is 2. The Hall–Kier alpha value is -1.02. The summed E-state index contributed by atoms with van der Waals surface area (Å²) in [5.74, 6) is 1.59. The van der Waals surface area contributed by atoms with E-state index in [1.807, 2.05) is 12.1 Å². The first-order valence-corrected chi connectivity index (χ1v) is 6.68. The maximum absolute atomic E-state index is 6.26. The van der Waals surface area contributed by atoms with Crippen LogP contribution in [0.5, 0.6) is 5.75 Å².